The molecule has 90 valence electrons. The molecule has 0 aliphatic carbocycles. The lowest BCUT2D eigenvalue weighted by atomic mass is 10.4. The van der Waals surface area contributed by atoms with E-state index in [9.17, 15) is 9.59 Å². The van der Waals surface area contributed by atoms with Crippen LogP contribution in [0.15, 0.2) is 21.9 Å². The molecule has 1 rings (SSSR count). The predicted molar refractivity (Wildman–Crippen MR) is 60.5 cm³/mol. The summed E-state index contributed by atoms with van der Waals surface area (Å²) in [5, 5.41) is 0. The van der Waals surface area contributed by atoms with Crippen LogP contribution in [0.5, 0.6) is 0 Å². The van der Waals surface area contributed by atoms with Crippen molar-refractivity contribution in [1.82, 2.24) is 9.13 Å². The molecule has 6 heteroatoms. The summed E-state index contributed by atoms with van der Waals surface area (Å²) in [7, 11) is 1.56. The first-order valence-electron chi connectivity index (χ1n) is 5.20. The minimum atomic E-state index is -0.307. The van der Waals surface area contributed by atoms with Crippen molar-refractivity contribution in [2.45, 2.75) is 19.5 Å². The highest BCUT2D eigenvalue weighted by atomic mass is 16.5. The molecule has 16 heavy (non-hydrogen) atoms. The Balaban J connectivity index is 2.97. The molecular formula is C10H17N3O3. The van der Waals surface area contributed by atoms with Gasteiger partial charge in [0.1, 0.15) is 0 Å². The van der Waals surface area contributed by atoms with E-state index < -0.39 is 0 Å². The molecule has 6 nitrogen and oxygen atoms in total. The van der Waals surface area contributed by atoms with Gasteiger partial charge in [0, 0.05) is 25.9 Å². The Morgan fingerprint density at radius 1 is 1.38 bits per heavy atom. The number of ether oxygens (including phenoxy) is 1. The van der Waals surface area contributed by atoms with Crippen molar-refractivity contribution in [3.63, 3.8) is 0 Å². The van der Waals surface area contributed by atoms with E-state index in [0.717, 1.165) is 0 Å². The van der Waals surface area contributed by atoms with Crippen LogP contribution in [0.3, 0.4) is 0 Å². The van der Waals surface area contributed by atoms with Crippen molar-refractivity contribution in [2.75, 3.05) is 20.3 Å². The molecule has 1 aromatic rings. The van der Waals surface area contributed by atoms with Gasteiger partial charge in [0.25, 0.3) is 5.56 Å². The Morgan fingerprint density at radius 2 is 2.12 bits per heavy atom. The fourth-order valence-corrected chi connectivity index (χ4v) is 1.37. The molecule has 0 unspecified atom stereocenters. The minimum absolute atomic E-state index is 0.285. The molecule has 0 aliphatic rings. The van der Waals surface area contributed by atoms with Crippen molar-refractivity contribution in [1.29, 1.82) is 0 Å². The van der Waals surface area contributed by atoms with Gasteiger partial charge in [-0.05, 0) is 13.0 Å². The highest BCUT2D eigenvalue weighted by molar-refractivity contribution is 4.86. The van der Waals surface area contributed by atoms with E-state index in [2.05, 4.69) is 0 Å². The van der Waals surface area contributed by atoms with E-state index in [4.69, 9.17) is 10.5 Å². The molecule has 0 amide bonds. The number of nitrogens with zero attached hydrogens (tertiary/aromatic N) is 2. The lowest BCUT2D eigenvalue weighted by Crippen LogP contribution is -2.39. The molecule has 0 aromatic carbocycles. The third-order valence-electron chi connectivity index (χ3n) is 2.26. The first kappa shape index (κ1) is 12.7. The zero-order valence-corrected chi connectivity index (χ0v) is 9.39. The summed E-state index contributed by atoms with van der Waals surface area (Å²) < 4.78 is 7.54. The smallest absolute Gasteiger partial charge is 0.331 e. The van der Waals surface area contributed by atoms with Gasteiger partial charge in [0.05, 0.1) is 13.2 Å². The van der Waals surface area contributed by atoms with Crippen LogP contribution in [-0.4, -0.2) is 29.4 Å². The second-order valence-corrected chi connectivity index (χ2v) is 3.42. The third-order valence-corrected chi connectivity index (χ3v) is 2.26. The molecule has 0 fully saturated rings. The minimum Gasteiger partial charge on any atom is -0.383 e. The zero-order chi connectivity index (χ0) is 12.0. The maximum atomic E-state index is 11.8. The van der Waals surface area contributed by atoms with Crippen LogP contribution in [0, 0.1) is 0 Å². The highest BCUT2D eigenvalue weighted by Crippen LogP contribution is 1.83. The maximum Gasteiger partial charge on any atom is 0.331 e. The van der Waals surface area contributed by atoms with Crippen molar-refractivity contribution in [3.8, 4) is 0 Å². The van der Waals surface area contributed by atoms with Gasteiger partial charge >= 0.3 is 5.69 Å². The molecule has 0 saturated carbocycles. The summed E-state index contributed by atoms with van der Waals surface area (Å²) in [6.45, 7) is 1.70. The van der Waals surface area contributed by atoms with Crippen molar-refractivity contribution < 1.29 is 4.74 Å². The quantitative estimate of drug-likeness (QED) is 0.676. The Labute approximate surface area is 93.3 Å². The topological polar surface area (TPSA) is 79.2 Å². The normalized spacial score (nSPS) is 10.6. The zero-order valence-electron chi connectivity index (χ0n) is 9.39. The van der Waals surface area contributed by atoms with Gasteiger partial charge in [0.15, 0.2) is 0 Å². The number of rotatable bonds is 6. The summed E-state index contributed by atoms with van der Waals surface area (Å²) >= 11 is 0. The van der Waals surface area contributed by atoms with Crippen LogP contribution < -0.4 is 17.0 Å². The molecule has 0 bridgehead atoms. The fraction of sp³-hybridized carbons (Fsp3) is 0.600. The van der Waals surface area contributed by atoms with Crippen LogP contribution in [0.25, 0.3) is 0 Å². The molecular weight excluding hydrogens is 210 g/mol. The van der Waals surface area contributed by atoms with Crippen molar-refractivity contribution >= 4 is 0 Å². The van der Waals surface area contributed by atoms with E-state index in [0.29, 0.717) is 32.7 Å². The number of methoxy groups -OCH3 is 1. The van der Waals surface area contributed by atoms with Gasteiger partial charge in [-0.3, -0.25) is 13.9 Å². The number of aromatic nitrogens is 2. The maximum absolute atomic E-state index is 11.8. The Morgan fingerprint density at radius 3 is 2.75 bits per heavy atom. The van der Waals surface area contributed by atoms with Crippen molar-refractivity contribution in [2.24, 2.45) is 5.73 Å². The molecule has 0 saturated heterocycles. The van der Waals surface area contributed by atoms with E-state index in [-0.39, 0.29) is 11.2 Å². The molecule has 0 atom stereocenters. The average molecular weight is 227 g/mol. The fourth-order valence-electron chi connectivity index (χ4n) is 1.37. The summed E-state index contributed by atoms with van der Waals surface area (Å²) in [6, 6.07) is 1.38. The highest BCUT2D eigenvalue weighted by Gasteiger charge is 2.03. The van der Waals surface area contributed by atoms with Gasteiger partial charge in [0.2, 0.25) is 0 Å². The Hall–Kier alpha value is -1.40. The first-order valence-corrected chi connectivity index (χ1v) is 5.20. The summed E-state index contributed by atoms with van der Waals surface area (Å²) in [5.74, 6) is 0. The second kappa shape index (κ2) is 6.24. The monoisotopic (exact) mass is 227 g/mol. The molecule has 1 aromatic heterocycles. The van der Waals surface area contributed by atoms with Crippen LogP contribution in [0.2, 0.25) is 0 Å². The van der Waals surface area contributed by atoms with Gasteiger partial charge in [-0.2, -0.15) is 0 Å². The van der Waals surface area contributed by atoms with E-state index in [1.165, 1.54) is 21.4 Å². The summed E-state index contributed by atoms with van der Waals surface area (Å²) in [4.78, 5) is 23.3. The lowest BCUT2D eigenvalue weighted by molar-refractivity contribution is 0.185. The van der Waals surface area contributed by atoms with Crippen LogP contribution in [0.4, 0.5) is 0 Å². The van der Waals surface area contributed by atoms with E-state index >= 15 is 0 Å². The summed E-state index contributed by atoms with van der Waals surface area (Å²) in [5.41, 5.74) is 4.76. The third kappa shape index (κ3) is 3.04. The van der Waals surface area contributed by atoms with Gasteiger partial charge in [-0.15, -0.1) is 0 Å². The molecule has 2 N–H and O–H groups in total. The van der Waals surface area contributed by atoms with Crippen LogP contribution in [-0.2, 0) is 17.8 Å². The Kier molecular flexibility index (Phi) is 4.94. The molecule has 0 spiro atoms. The first-order chi connectivity index (χ1) is 7.70. The van der Waals surface area contributed by atoms with Gasteiger partial charge < -0.3 is 10.5 Å². The van der Waals surface area contributed by atoms with Crippen molar-refractivity contribution in [3.05, 3.63) is 33.1 Å². The molecule has 0 aliphatic heterocycles. The van der Waals surface area contributed by atoms with E-state index in [1.54, 1.807) is 7.11 Å². The lowest BCUT2D eigenvalue weighted by Gasteiger charge is -2.08. The van der Waals surface area contributed by atoms with Crippen LogP contribution in [0.1, 0.15) is 6.42 Å². The van der Waals surface area contributed by atoms with Gasteiger partial charge in [-0.1, -0.05) is 0 Å². The second-order valence-electron chi connectivity index (χ2n) is 3.42. The van der Waals surface area contributed by atoms with Crippen LogP contribution >= 0.6 is 0 Å². The number of hydrogen-bond donors (Lipinski definition) is 1. The molecule has 1 heterocycles. The van der Waals surface area contributed by atoms with E-state index in [1.807, 2.05) is 0 Å². The summed E-state index contributed by atoms with van der Waals surface area (Å²) in [6.07, 6.45) is 2.10. The average Bonchev–Trinajstić information content (AvgIpc) is 2.28. The number of nitrogens with two attached hydrogens (primary N) is 1. The predicted octanol–water partition coefficient (Wildman–Crippen LogP) is -0.995. The largest absolute Gasteiger partial charge is 0.383 e. The Bertz CT molecular complexity index is 436. The van der Waals surface area contributed by atoms with Gasteiger partial charge in [-0.25, -0.2) is 4.79 Å². The number of hydrogen-bond acceptors (Lipinski definition) is 4. The molecule has 0 radical (unpaired) electrons. The standard InChI is InChI=1S/C10H17N3O3/c1-16-8-7-12-6-3-9(14)13(10(12)15)5-2-4-11/h3,6H,2,4-5,7-8,11H2,1H3. The SMILES string of the molecule is COCCn1ccc(=O)n(CCCN)c1=O.